The Labute approximate surface area is 115 Å². The molecule has 134 valence electrons. The summed E-state index contributed by atoms with van der Waals surface area (Å²) in [6.07, 6.45) is -30.4. The third-order valence-corrected chi connectivity index (χ3v) is 2.97. The first-order valence-corrected chi connectivity index (χ1v) is 6.62. The zero-order valence-corrected chi connectivity index (χ0v) is 10.9. The fourth-order valence-electron chi connectivity index (χ4n) is 1.01. The van der Waals surface area contributed by atoms with Crippen molar-refractivity contribution in [2.75, 3.05) is 6.35 Å². The lowest BCUT2D eigenvalue weighted by atomic mass is 10.4. The minimum atomic E-state index is -6.06. The Balaban J connectivity index is 5.10. The number of alkyl halides is 10. The highest BCUT2D eigenvalue weighted by atomic mass is 31.2. The lowest BCUT2D eigenvalue weighted by Crippen LogP contribution is -2.32. The lowest BCUT2D eigenvalue weighted by molar-refractivity contribution is -0.278. The normalized spacial score (nSPS) is 15.2. The van der Waals surface area contributed by atoms with Crippen molar-refractivity contribution >= 4 is 7.60 Å². The first-order valence-electron chi connectivity index (χ1n) is 4.89. The van der Waals surface area contributed by atoms with E-state index in [1.807, 2.05) is 0 Å². The van der Waals surface area contributed by atoms with Gasteiger partial charge in [0, 0.05) is 0 Å². The van der Waals surface area contributed by atoms with Crippen LogP contribution in [0.1, 0.15) is 12.8 Å². The van der Waals surface area contributed by atoms with Gasteiger partial charge >= 0.3 is 32.2 Å². The molecular formula is C7H7F10O4P. The zero-order valence-electron chi connectivity index (χ0n) is 10.0. The second-order valence-electron chi connectivity index (χ2n) is 3.79. The summed E-state index contributed by atoms with van der Waals surface area (Å²) in [6.45, 7) is 0. The monoisotopic (exact) mass is 376 g/mol. The Hall–Kier alpha value is -0.590. The first kappa shape index (κ1) is 21.4. The van der Waals surface area contributed by atoms with Crippen molar-refractivity contribution in [3.05, 3.63) is 0 Å². The summed E-state index contributed by atoms with van der Waals surface area (Å²) in [5.41, 5.74) is 0. The van der Waals surface area contributed by atoms with Gasteiger partial charge in [-0.2, -0.15) is 43.9 Å². The standard InChI is InChI=1S/C7H7F10O4P/c8-4(9,10)1-6(14,15)20-22(19,3-18)21-7(16,17)2-5(11,12)13/h18H,1-3H2. The van der Waals surface area contributed by atoms with Crippen molar-refractivity contribution in [2.45, 2.75) is 37.4 Å². The van der Waals surface area contributed by atoms with Crippen LogP contribution in [0.5, 0.6) is 0 Å². The largest absolute Gasteiger partial charge is 0.397 e. The quantitative estimate of drug-likeness (QED) is 0.533. The molecule has 0 aromatic carbocycles. The molecule has 0 aliphatic rings. The average Bonchev–Trinajstić information content (AvgIpc) is 2.05. The molecule has 0 rings (SSSR count). The number of hydrogen-bond acceptors (Lipinski definition) is 4. The summed E-state index contributed by atoms with van der Waals surface area (Å²) in [7, 11) is -6.06. The van der Waals surface area contributed by atoms with Crippen molar-refractivity contribution in [2.24, 2.45) is 0 Å². The second-order valence-corrected chi connectivity index (χ2v) is 5.66. The van der Waals surface area contributed by atoms with E-state index >= 15 is 0 Å². The van der Waals surface area contributed by atoms with Crippen molar-refractivity contribution in [1.29, 1.82) is 0 Å². The molecule has 0 spiro atoms. The molecule has 1 N–H and O–H groups in total. The Morgan fingerprint density at radius 3 is 1.18 bits per heavy atom. The van der Waals surface area contributed by atoms with Gasteiger partial charge in [0.05, 0.1) is 0 Å². The van der Waals surface area contributed by atoms with Gasteiger partial charge in [-0.1, -0.05) is 0 Å². The van der Waals surface area contributed by atoms with Gasteiger partial charge in [-0.3, -0.25) is 4.57 Å². The molecule has 0 amide bonds. The fraction of sp³-hybridized carbons (Fsp3) is 1.00. The molecule has 22 heavy (non-hydrogen) atoms. The van der Waals surface area contributed by atoms with E-state index in [4.69, 9.17) is 5.11 Å². The number of rotatable bonds is 7. The van der Waals surface area contributed by atoms with Crippen LogP contribution in [-0.2, 0) is 13.6 Å². The van der Waals surface area contributed by atoms with Crippen LogP contribution in [0.15, 0.2) is 0 Å². The molecule has 0 aliphatic heterocycles. The van der Waals surface area contributed by atoms with Crippen LogP contribution in [-0.4, -0.2) is 36.0 Å². The maximum absolute atomic E-state index is 12.7. The first-order chi connectivity index (χ1) is 9.39. The van der Waals surface area contributed by atoms with E-state index < -0.39 is 51.4 Å². The molecule has 0 heterocycles. The molecule has 0 fully saturated rings. The lowest BCUT2D eigenvalue weighted by Gasteiger charge is -2.27. The Kier molecular flexibility index (Phi) is 6.32. The predicted octanol–water partition coefficient (Wildman–Crippen LogP) is 4.25. The third kappa shape index (κ3) is 9.43. The van der Waals surface area contributed by atoms with Gasteiger partial charge in [0.15, 0.2) is 0 Å². The summed E-state index contributed by atoms with van der Waals surface area (Å²) >= 11 is 0. The smallest absolute Gasteiger partial charge is 0.384 e. The molecule has 15 heteroatoms. The van der Waals surface area contributed by atoms with Crippen molar-refractivity contribution in [1.82, 2.24) is 0 Å². The number of hydrogen-bond donors (Lipinski definition) is 1. The maximum atomic E-state index is 12.7. The van der Waals surface area contributed by atoms with Crippen LogP contribution in [0.25, 0.3) is 0 Å². The van der Waals surface area contributed by atoms with E-state index in [1.54, 1.807) is 0 Å². The molecule has 0 aromatic heterocycles. The highest BCUT2D eigenvalue weighted by molar-refractivity contribution is 7.53. The van der Waals surface area contributed by atoms with Gasteiger partial charge in [0.25, 0.3) is 0 Å². The Morgan fingerprint density at radius 2 is 1.00 bits per heavy atom. The van der Waals surface area contributed by atoms with Crippen LogP contribution in [0, 0.1) is 0 Å². The molecule has 0 saturated heterocycles. The summed E-state index contributed by atoms with van der Waals surface area (Å²) in [6, 6.07) is 0. The molecule has 0 radical (unpaired) electrons. The zero-order chi connectivity index (χ0) is 18.0. The summed E-state index contributed by atoms with van der Waals surface area (Å²) in [5, 5.41) is 8.37. The van der Waals surface area contributed by atoms with Crippen LogP contribution >= 0.6 is 7.60 Å². The van der Waals surface area contributed by atoms with Crippen LogP contribution < -0.4 is 0 Å². The maximum Gasteiger partial charge on any atom is 0.397 e. The number of aliphatic hydroxyl groups is 1. The minimum Gasteiger partial charge on any atom is -0.384 e. The summed E-state index contributed by atoms with van der Waals surface area (Å²) < 4.78 is 138. The van der Waals surface area contributed by atoms with E-state index in [1.165, 1.54) is 0 Å². The van der Waals surface area contributed by atoms with Crippen molar-refractivity contribution in [3.63, 3.8) is 0 Å². The highest BCUT2D eigenvalue weighted by Crippen LogP contribution is 2.57. The van der Waals surface area contributed by atoms with Crippen molar-refractivity contribution < 1.29 is 62.6 Å². The molecule has 4 nitrogen and oxygen atoms in total. The second kappa shape index (κ2) is 6.49. The van der Waals surface area contributed by atoms with Crippen molar-refractivity contribution in [3.8, 4) is 0 Å². The molecule has 0 atom stereocenters. The molecule has 0 aromatic rings. The van der Waals surface area contributed by atoms with E-state index in [0.29, 0.717) is 0 Å². The van der Waals surface area contributed by atoms with E-state index in [2.05, 4.69) is 9.05 Å². The number of aliphatic hydroxyl groups excluding tert-OH is 1. The highest BCUT2D eigenvalue weighted by Gasteiger charge is 2.54. The predicted molar refractivity (Wildman–Crippen MR) is 48.1 cm³/mol. The molecule has 0 unspecified atom stereocenters. The van der Waals surface area contributed by atoms with E-state index in [0.717, 1.165) is 0 Å². The van der Waals surface area contributed by atoms with Gasteiger partial charge in [-0.05, 0) is 0 Å². The summed E-state index contributed by atoms with van der Waals surface area (Å²) in [4.78, 5) is 0. The Bertz CT molecular complexity index is 382. The Morgan fingerprint density at radius 1 is 0.727 bits per heavy atom. The molecule has 0 aliphatic carbocycles. The van der Waals surface area contributed by atoms with E-state index in [9.17, 15) is 48.5 Å². The van der Waals surface area contributed by atoms with Crippen LogP contribution in [0.3, 0.4) is 0 Å². The van der Waals surface area contributed by atoms with Gasteiger partial charge in [0.1, 0.15) is 19.2 Å². The number of halogens is 10. The topological polar surface area (TPSA) is 55.8 Å². The van der Waals surface area contributed by atoms with Gasteiger partial charge in [-0.25, -0.2) is 9.05 Å². The molecule has 0 saturated carbocycles. The molecule has 0 bridgehead atoms. The third-order valence-electron chi connectivity index (χ3n) is 1.53. The van der Waals surface area contributed by atoms with Crippen LogP contribution in [0.2, 0.25) is 0 Å². The molecular weight excluding hydrogens is 369 g/mol. The average molecular weight is 376 g/mol. The minimum absolute atomic E-state index is 2.30. The SMILES string of the molecule is O=P(CO)(OC(F)(F)CC(F)(F)F)OC(F)(F)CC(F)(F)F. The van der Waals surface area contributed by atoms with Gasteiger partial charge < -0.3 is 5.11 Å². The van der Waals surface area contributed by atoms with E-state index in [-0.39, 0.29) is 0 Å². The fourth-order valence-corrected chi connectivity index (χ4v) is 2.11. The van der Waals surface area contributed by atoms with Crippen LogP contribution in [0.4, 0.5) is 43.9 Å². The van der Waals surface area contributed by atoms with Gasteiger partial charge in [-0.15, -0.1) is 0 Å². The summed E-state index contributed by atoms with van der Waals surface area (Å²) in [5.74, 6) is 0. The van der Waals surface area contributed by atoms with Gasteiger partial charge in [0.2, 0.25) is 0 Å².